The molecule has 2 aromatic rings. The molecule has 0 aliphatic carbocycles. The Balaban J connectivity index is 2.11. The molecule has 2 amide bonds. The molecule has 0 fully saturated rings. The van der Waals surface area contributed by atoms with Gasteiger partial charge in [0.1, 0.15) is 6.04 Å². The van der Waals surface area contributed by atoms with Crippen molar-refractivity contribution in [3.05, 3.63) is 47.5 Å². The molecular formula is C17H15NO4. The van der Waals surface area contributed by atoms with Crippen LogP contribution in [0.3, 0.4) is 0 Å². The second kappa shape index (κ2) is 5.26. The lowest BCUT2D eigenvalue weighted by Crippen LogP contribution is -2.44. The molecule has 0 bridgehead atoms. The van der Waals surface area contributed by atoms with E-state index >= 15 is 0 Å². The van der Waals surface area contributed by atoms with Gasteiger partial charge in [-0.05, 0) is 29.3 Å². The maximum atomic E-state index is 12.5. The lowest BCUT2D eigenvalue weighted by molar-refractivity contribution is -0.141. The van der Waals surface area contributed by atoms with E-state index in [4.69, 9.17) is 0 Å². The average molecular weight is 297 g/mol. The van der Waals surface area contributed by atoms with E-state index in [1.165, 1.54) is 0 Å². The Morgan fingerprint density at radius 1 is 1.09 bits per heavy atom. The molecule has 1 N–H and O–H groups in total. The van der Waals surface area contributed by atoms with Crippen molar-refractivity contribution < 1.29 is 19.5 Å². The summed E-state index contributed by atoms with van der Waals surface area (Å²) >= 11 is 0. The molecule has 2 aromatic carbocycles. The van der Waals surface area contributed by atoms with E-state index in [0.717, 1.165) is 15.7 Å². The average Bonchev–Trinajstić information content (AvgIpc) is 2.74. The zero-order valence-corrected chi connectivity index (χ0v) is 12.1. The SMILES string of the molecule is CCCC(C(=O)O)N1C(=O)c2cc3ccccc3cc2C1=O. The molecule has 5 heteroatoms. The quantitative estimate of drug-likeness (QED) is 0.880. The minimum Gasteiger partial charge on any atom is -0.480 e. The summed E-state index contributed by atoms with van der Waals surface area (Å²) in [7, 11) is 0. The lowest BCUT2D eigenvalue weighted by Gasteiger charge is -2.21. The van der Waals surface area contributed by atoms with Gasteiger partial charge in [0.2, 0.25) is 0 Å². The van der Waals surface area contributed by atoms with Crippen molar-refractivity contribution in [2.45, 2.75) is 25.8 Å². The number of carbonyl (C=O) groups excluding carboxylic acids is 2. The highest BCUT2D eigenvalue weighted by Crippen LogP contribution is 2.30. The van der Waals surface area contributed by atoms with Crippen LogP contribution in [0.15, 0.2) is 36.4 Å². The summed E-state index contributed by atoms with van der Waals surface area (Å²) in [5.41, 5.74) is 0.567. The van der Waals surface area contributed by atoms with Gasteiger partial charge in [-0.25, -0.2) is 4.79 Å². The number of carboxylic acid groups (broad SMARTS) is 1. The number of benzene rings is 2. The first kappa shape index (κ1) is 14.3. The van der Waals surface area contributed by atoms with E-state index in [2.05, 4.69) is 0 Å². The van der Waals surface area contributed by atoms with Gasteiger partial charge in [0, 0.05) is 0 Å². The number of fused-ring (bicyclic) bond motifs is 2. The van der Waals surface area contributed by atoms with Crippen LogP contribution < -0.4 is 0 Å². The maximum Gasteiger partial charge on any atom is 0.326 e. The molecule has 5 nitrogen and oxygen atoms in total. The van der Waals surface area contributed by atoms with Crippen molar-refractivity contribution in [2.75, 3.05) is 0 Å². The second-order valence-electron chi connectivity index (χ2n) is 5.37. The van der Waals surface area contributed by atoms with Crippen LogP contribution in [0.25, 0.3) is 10.8 Å². The molecule has 22 heavy (non-hydrogen) atoms. The molecule has 112 valence electrons. The van der Waals surface area contributed by atoms with E-state index in [1.54, 1.807) is 12.1 Å². The van der Waals surface area contributed by atoms with Crippen molar-refractivity contribution in [1.82, 2.24) is 4.90 Å². The number of hydrogen-bond acceptors (Lipinski definition) is 3. The fourth-order valence-electron chi connectivity index (χ4n) is 2.87. The number of nitrogens with zero attached hydrogens (tertiary/aromatic N) is 1. The summed E-state index contributed by atoms with van der Waals surface area (Å²) in [5, 5.41) is 11.0. The van der Waals surface area contributed by atoms with Crippen LogP contribution in [-0.4, -0.2) is 33.8 Å². The second-order valence-corrected chi connectivity index (χ2v) is 5.37. The third-order valence-corrected chi connectivity index (χ3v) is 3.94. The highest BCUT2D eigenvalue weighted by molar-refractivity contribution is 6.24. The van der Waals surface area contributed by atoms with Gasteiger partial charge < -0.3 is 5.11 Å². The standard InChI is InChI=1S/C17H15NO4/c1-2-5-14(17(21)22)18-15(19)12-8-10-6-3-4-7-11(10)9-13(12)16(18)20/h3-4,6-9,14H,2,5H2,1H3,(H,21,22). The third kappa shape index (κ3) is 2.06. The molecule has 0 radical (unpaired) electrons. The van der Waals surface area contributed by atoms with E-state index in [-0.39, 0.29) is 17.5 Å². The molecular weight excluding hydrogens is 282 g/mol. The van der Waals surface area contributed by atoms with Crippen LogP contribution in [0, 0.1) is 0 Å². The van der Waals surface area contributed by atoms with Crippen molar-refractivity contribution >= 4 is 28.6 Å². The summed E-state index contributed by atoms with van der Waals surface area (Å²) in [6.45, 7) is 1.82. The summed E-state index contributed by atoms with van der Waals surface area (Å²) in [5.74, 6) is -2.20. The van der Waals surface area contributed by atoms with Gasteiger partial charge in [-0.3, -0.25) is 14.5 Å². The minimum absolute atomic E-state index is 0.250. The summed E-state index contributed by atoms with van der Waals surface area (Å²) < 4.78 is 0. The van der Waals surface area contributed by atoms with Crippen molar-refractivity contribution in [3.8, 4) is 0 Å². The number of rotatable bonds is 4. The van der Waals surface area contributed by atoms with Gasteiger partial charge in [0.05, 0.1) is 11.1 Å². The topological polar surface area (TPSA) is 74.7 Å². The van der Waals surface area contributed by atoms with Gasteiger partial charge in [0.25, 0.3) is 11.8 Å². The molecule has 1 unspecified atom stereocenters. The fraction of sp³-hybridized carbons (Fsp3) is 0.235. The van der Waals surface area contributed by atoms with Gasteiger partial charge in [0.15, 0.2) is 0 Å². The Hall–Kier alpha value is -2.69. The Morgan fingerprint density at radius 3 is 2.00 bits per heavy atom. The highest BCUT2D eigenvalue weighted by atomic mass is 16.4. The summed E-state index contributed by atoms with van der Waals surface area (Å²) in [4.78, 5) is 37.3. The van der Waals surface area contributed by atoms with Gasteiger partial charge >= 0.3 is 5.97 Å². The molecule has 1 atom stereocenters. The van der Waals surface area contributed by atoms with Crippen LogP contribution in [-0.2, 0) is 4.79 Å². The van der Waals surface area contributed by atoms with Crippen LogP contribution in [0.2, 0.25) is 0 Å². The lowest BCUT2D eigenvalue weighted by atomic mass is 10.0. The molecule has 1 heterocycles. The fourth-order valence-corrected chi connectivity index (χ4v) is 2.87. The van der Waals surface area contributed by atoms with Crippen molar-refractivity contribution in [2.24, 2.45) is 0 Å². The Bertz CT molecular complexity index is 742. The van der Waals surface area contributed by atoms with Crippen molar-refractivity contribution in [3.63, 3.8) is 0 Å². The van der Waals surface area contributed by atoms with E-state index in [1.807, 2.05) is 31.2 Å². The number of amides is 2. The molecule has 0 aromatic heterocycles. The number of imide groups is 1. The maximum absolute atomic E-state index is 12.5. The van der Waals surface area contributed by atoms with Crippen LogP contribution in [0.4, 0.5) is 0 Å². The first-order valence-corrected chi connectivity index (χ1v) is 7.18. The molecule has 1 aliphatic rings. The first-order chi connectivity index (χ1) is 10.5. The van der Waals surface area contributed by atoms with Gasteiger partial charge in [-0.2, -0.15) is 0 Å². The van der Waals surface area contributed by atoms with Crippen LogP contribution >= 0.6 is 0 Å². The van der Waals surface area contributed by atoms with Crippen LogP contribution in [0.5, 0.6) is 0 Å². The first-order valence-electron chi connectivity index (χ1n) is 7.18. The Labute approximate surface area is 127 Å². The van der Waals surface area contributed by atoms with Crippen LogP contribution in [0.1, 0.15) is 40.5 Å². The smallest absolute Gasteiger partial charge is 0.326 e. The van der Waals surface area contributed by atoms with Gasteiger partial charge in [-0.1, -0.05) is 37.6 Å². The van der Waals surface area contributed by atoms with Gasteiger partial charge in [-0.15, -0.1) is 0 Å². The van der Waals surface area contributed by atoms with Crippen molar-refractivity contribution in [1.29, 1.82) is 0 Å². The number of aliphatic carboxylic acids is 1. The zero-order valence-electron chi connectivity index (χ0n) is 12.1. The monoisotopic (exact) mass is 297 g/mol. The highest BCUT2D eigenvalue weighted by Gasteiger charge is 2.42. The predicted octanol–water partition coefficient (Wildman–Crippen LogP) is 2.69. The molecule has 1 aliphatic heterocycles. The van der Waals surface area contributed by atoms with E-state index in [0.29, 0.717) is 6.42 Å². The Morgan fingerprint density at radius 2 is 1.59 bits per heavy atom. The normalized spacial score (nSPS) is 15.2. The minimum atomic E-state index is -1.15. The third-order valence-electron chi connectivity index (χ3n) is 3.94. The molecule has 0 saturated carbocycles. The van der Waals surface area contributed by atoms with E-state index in [9.17, 15) is 19.5 Å². The number of carboxylic acids is 1. The van der Waals surface area contributed by atoms with E-state index < -0.39 is 23.8 Å². The summed E-state index contributed by atoms with van der Waals surface area (Å²) in [6.07, 6.45) is 0.826. The molecule has 3 rings (SSSR count). The number of hydrogen-bond donors (Lipinski definition) is 1. The summed E-state index contributed by atoms with van der Waals surface area (Å²) in [6, 6.07) is 9.63. The molecule has 0 spiro atoms. The molecule has 0 saturated heterocycles. The number of carbonyl (C=O) groups is 3. The largest absolute Gasteiger partial charge is 0.480 e. The zero-order chi connectivity index (χ0) is 15.9. The predicted molar refractivity (Wildman–Crippen MR) is 80.8 cm³/mol. The Kier molecular flexibility index (Phi) is 3.41.